The van der Waals surface area contributed by atoms with Crippen LogP contribution in [0, 0.1) is 18.6 Å². The second-order valence-corrected chi connectivity index (χ2v) is 8.35. The van der Waals surface area contributed by atoms with Gasteiger partial charge in [0.05, 0.1) is 17.7 Å². The summed E-state index contributed by atoms with van der Waals surface area (Å²) in [6.07, 6.45) is 3.77. The molecule has 2 aromatic carbocycles. The number of aromatic nitrogens is 4. The first-order valence-electron chi connectivity index (χ1n) is 10.8. The average Bonchev–Trinajstić information content (AvgIpc) is 3.37. The summed E-state index contributed by atoms with van der Waals surface area (Å²) in [4.78, 5) is 15.8. The van der Waals surface area contributed by atoms with Gasteiger partial charge in [-0.05, 0) is 48.9 Å². The molecule has 0 fully saturated rings. The van der Waals surface area contributed by atoms with Crippen LogP contribution in [0.15, 0.2) is 55.0 Å². The van der Waals surface area contributed by atoms with E-state index in [4.69, 9.17) is 9.97 Å². The van der Waals surface area contributed by atoms with Crippen LogP contribution in [0.4, 0.5) is 26.1 Å². The first kappa shape index (κ1) is 21.1. The van der Waals surface area contributed by atoms with Crippen molar-refractivity contribution in [2.24, 2.45) is 0 Å². The van der Waals surface area contributed by atoms with Crippen LogP contribution in [-0.2, 0) is 6.42 Å². The number of imidazole rings is 1. The zero-order valence-corrected chi connectivity index (χ0v) is 18.7. The Morgan fingerprint density at radius 3 is 2.55 bits per heavy atom. The van der Waals surface area contributed by atoms with Gasteiger partial charge in [-0.2, -0.15) is 0 Å². The summed E-state index contributed by atoms with van der Waals surface area (Å²) in [5.41, 5.74) is 3.95. The third-order valence-corrected chi connectivity index (χ3v) is 5.92. The lowest BCUT2D eigenvalue weighted by molar-refractivity contribution is 0.616. The Labute approximate surface area is 191 Å². The first-order chi connectivity index (χ1) is 15.9. The number of benzene rings is 2. The topological polar surface area (TPSA) is 58.9 Å². The van der Waals surface area contributed by atoms with Crippen molar-refractivity contribution in [1.29, 1.82) is 0 Å². The Hall–Kier alpha value is -3.81. The second kappa shape index (κ2) is 8.27. The van der Waals surface area contributed by atoms with E-state index in [-0.39, 0.29) is 17.6 Å². The summed E-state index contributed by atoms with van der Waals surface area (Å²) in [6, 6.07) is 11.5. The van der Waals surface area contributed by atoms with Crippen molar-refractivity contribution in [1.82, 2.24) is 19.5 Å². The van der Waals surface area contributed by atoms with E-state index in [1.54, 1.807) is 35.3 Å². The van der Waals surface area contributed by atoms with Crippen molar-refractivity contribution in [2.75, 3.05) is 23.8 Å². The molecular formula is C25H24F2N6. The fourth-order valence-corrected chi connectivity index (χ4v) is 4.34. The minimum Gasteiger partial charge on any atom is -0.373 e. The molecule has 1 aliphatic rings. The number of anilines is 3. The molecule has 0 bridgehead atoms. The summed E-state index contributed by atoms with van der Waals surface area (Å²) in [5.74, 6) is 1.75. The van der Waals surface area contributed by atoms with Crippen LogP contribution in [0.25, 0.3) is 5.69 Å². The maximum Gasteiger partial charge on any atom is 0.147 e. The lowest BCUT2D eigenvalue weighted by atomic mass is 10.1. The number of nitrogens with zero attached hydrogens (tertiary/aromatic N) is 5. The number of hydrogen-bond acceptors (Lipinski definition) is 5. The number of halogens is 2. The molecule has 6 nitrogen and oxygen atoms in total. The Morgan fingerprint density at radius 1 is 1.09 bits per heavy atom. The largest absolute Gasteiger partial charge is 0.373 e. The number of aryl methyl sites for hydroxylation is 1. The summed E-state index contributed by atoms with van der Waals surface area (Å²) in [5, 5.41) is 3.19. The lowest BCUT2D eigenvalue weighted by Gasteiger charge is -2.19. The van der Waals surface area contributed by atoms with Crippen molar-refractivity contribution in [3.63, 3.8) is 0 Å². The molecule has 3 heterocycles. The Balaban J connectivity index is 1.49. The van der Waals surface area contributed by atoms with Crippen LogP contribution in [0.2, 0.25) is 0 Å². The van der Waals surface area contributed by atoms with E-state index in [2.05, 4.69) is 22.1 Å². The maximum atomic E-state index is 14.8. The Bertz CT molecular complexity index is 1320. The summed E-state index contributed by atoms with van der Waals surface area (Å²) in [7, 11) is 1.83. The molecule has 2 aromatic heterocycles. The molecule has 0 saturated carbocycles. The predicted octanol–water partition coefficient (Wildman–Crippen LogP) is 5.14. The van der Waals surface area contributed by atoms with E-state index in [1.807, 2.05) is 20.0 Å². The minimum atomic E-state index is -0.332. The van der Waals surface area contributed by atoms with Crippen LogP contribution in [0.1, 0.15) is 35.5 Å². The van der Waals surface area contributed by atoms with E-state index in [1.165, 1.54) is 18.2 Å². The molecule has 1 atom stereocenters. The quantitative estimate of drug-likeness (QED) is 0.460. The van der Waals surface area contributed by atoms with Gasteiger partial charge in [0.15, 0.2) is 0 Å². The summed E-state index contributed by atoms with van der Waals surface area (Å²) < 4.78 is 30.0. The number of nitrogens with one attached hydrogen (secondary N) is 1. The Kier molecular flexibility index (Phi) is 5.28. The van der Waals surface area contributed by atoms with Crippen LogP contribution in [0.3, 0.4) is 0 Å². The van der Waals surface area contributed by atoms with Gasteiger partial charge < -0.3 is 14.8 Å². The molecule has 0 amide bonds. The second-order valence-electron chi connectivity index (χ2n) is 8.35. The molecule has 168 valence electrons. The SMILES string of the molecule is CNc1nc(Cc2ccc(-n3cnc(C)c3)c(F)c2)nc2c1[C@@H](C)CN2c1ccc(F)cc1. The summed E-state index contributed by atoms with van der Waals surface area (Å²) in [6.45, 7) is 4.71. The highest BCUT2D eigenvalue weighted by Gasteiger charge is 2.32. The molecule has 0 radical (unpaired) electrons. The molecule has 4 aromatic rings. The Morgan fingerprint density at radius 2 is 1.88 bits per heavy atom. The van der Waals surface area contributed by atoms with Gasteiger partial charge in [0, 0.05) is 43.4 Å². The van der Waals surface area contributed by atoms with Crippen LogP contribution in [-0.4, -0.2) is 33.1 Å². The molecule has 0 spiro atoms. The van der Waals surface area contributed by atoms with Crippen molar-refractivity contribution in [3.8, 4) is 5.69 Å². The molecular weight excluding hydrogens is 422 g/mol. The molecule has 5 rings (SSSR count). The fourth-order valence-electron chi connectivity index (χ4n) is 4.34. The molecule has 33 heavy (non-hydrogen) atoms. The van der Waals surface area contributed by atoms with E-state index >= 15 is 0 Å². The first-order valence-corrected chi connectivity index (χ1v) is 10.8. The van der Waals surface area contributed by atoms with Crippen LogP contribution < -0.4 is 10.2 Å². The number of hydrogen-bond donors (Lipinski definition) is 1. The normalized spacial score (nSPS) is 15.1. The van der Waals surface area contributed by atoms with Crippen molar-refractivity contribution in [2.45, 2.75) is 26.2 Å². The van der Waals surface area contributed by atoms with Crippen LogP contribution >= 0.6 is 0 Å². The highest BCUT2D eigenvalue weighted by atomic mass is 19.1. The monoisotopic (exact) mass is 446 g/mol. The highest BCUT2D eigenvalue weighted by Crippen LogP contribution is 2.42. The van der Waals surface area contributed by atoms with Gasteiger partial charge in [0.25, 0.3) is 0 Å². The fraction of sp³-hybridized carbons (Fsp3) is 0.240. The van der Waals surface area contributed by atoms with E-state index in [0.717, 1.165) is 40.7 Å². The number of fused-ring (bicyclic) bond motifs is 1. The van der Waals surface area contributed by atoms with E-state index in [0.29, 0.717) is 17.9 Å². The van der Waals surface area contributed by atoms with Gasteiger partial charge in [-0.1, -0.05) is 13.0 Å². The number of rotatable bonds is 5. The standard InChI is InChI=1S/C25H24F2N6/c1-15-12-33(19-7-5-18(26)6-8-19)25-23(15)24(28-3)30-22(31-25)11-17-4-9-21(20(27)10-17)32-13-16(2)29-14-32/h4-10,13-15H,11-12H2,1-3H3,(H,28,30,31)/t15-/m0/s1. The van der Waals surface area contributed by atoms with Crippen molar-refractivity contribution < 1.29 is 8.78 Å². The molecule has 0 aliphatic carbocycles. The molecule has 0 saturated heterocycles. The third-order valence-electron chi connectivity index (χ3n) is 5.92. The average molecular weight is 447 g/mol. The van der Waals surface area contributed by atoms with Gasteiger partial charge in [0.1, 0.15) is 29.1 Å². The highest BCUT2D eigenvalue weighted by molar-refractivity contribution is 5.72. The summed E-state index contributed by atoms with van der Waals surface area (Å²) >= 11 is 0. The lowest BCUT2D eigenvalue weighted by Crippen LogP contribution is -2.16. The smallest absolute Gasteiger partial charge is 0.147 e. The van der Waals surface area contributed by atoms with Gasteiger partial charge in [-0.25, -0.2) is 23.7 Å². The zero-order valence-electron chi connectivity index (χ0n) is 18.7. The van der Waals surface area contributed by atoms with Gasteiger partial charge in [-0.3, -0.25) is 0 Å². The molecule has 1 N–H and O–H groups in total. The third kappa shape index (κ3) is 3.92. The van der Waals surface area contributed by atoms with Gasteiger partial charge >= 0.3 is 0 Å². The van der Waals surface area contributed by atoms with Crippen molar-refractivity contribution in [3.05, 3.63) is 89.3 Å². The van der Waals surface area contributed by atoms with Crippen LogP contribution in [0.5, 0.6) is 0 Å². The molecule has 0 unspecified atom stereocenters. The van der Waals surface area contributed by atoms with E-state index < -0.39 is 0 Å². The molecule has 8 heteroatoms. The van der Waals surface area contributed by atoms with E-state index in [9.17, 15) is 8.78 Å². The zero-order chi connectivity index (χ0) is 23.1. The van der Waals surface area contributed by atoms with Gasteiger partial charge in [0.2, 0.25) is 0 Å². The minimum absolute atomic E-state index is 0.205. The maximum absolute atomic E-state index is 14.8. The molecule has 1 aliphatic heterocycles. The predicted molar refractivity (Wildman–Crippen MR) is 124 cm³/mol. The van der Waals surface area contributed by atoms with Crippen molar-refractivity contribution >= 4 is 17.3 Å². The van der Waals surface area contributed by atoms with Gasteiger partial charge in [-0.15, -0.1) is 0 Å².